The molecular weight excluding hydrogens is 378 g/mol. The van der Waals surface area contributed by atoms with Crippen LogP contribution in [0.2, 0.25) is 0 Å². The first-order chi connectivity index (χ1) is 13.9. The highest BCUT2D eigenvalue weighted by atomic mass is 32.1. The average molecular weight is 404 g/mol. The minimum absolute atomic E-state index is 0.0738. The number of hydrogen-bond donors (Lipinski definition) is 2. The number of aromatic nitrogens is 2. The van der Waals surface area contributed by atoms with Crippen LogP contribution in [-0.4, -0.2) is 9.97 Å². The summed E-state index contributed by atoms with van der Waals surface area (Å²) in [6.07, 6.45) is 0. The van der Waals surface area contributed by atoms with Crippen LogP contribution in [-0.2, 0) is 6.54 Å². The predicted molar refractivity (Wildman–Crippen MR) is 122 cm³/mol. The smallest absolute Gasteiger partial charge is 0.260 e. The van der Waals surface area contributed by atoms with Crippen molar-refractivity contribution >= 4 is 21.6 Å². The molecule has 2 heterocycles. The van der Waals surface area contributed by atoms with Gasteiger partial charge in [0.1, 0.15) is 10.7 Å². The third kappa shape index (κ3) is 3.88. The molecule has 0 unspecified atom stereocenters. The predicted octanol–water partition coefficient (Wildman–Crippen LogP) is 5.43. The van der Waals surface area contributed by atoms with E-state index in [1.165, 1.54) is 16.7 Å². The number of fused-ring (bicyclic) bond motifs is 1. The molecule has 0 fully saturated rings. The van der Waals surface area contributed by atoms with Gasteiger partial charge in [-0.15, -0.1) is 11.3 Å². The van der Waals surface area contributed by atoms with Crippen molar-refractivity contribution in [1.82, 2.24) is 15.3 Å². The van der Waals surface area contributed by atoms with Crippen molar-refractivity contribution in [3.8, 4) is 11.1 Å². The van der Waals surface area contributed by atoms with Crippen molar-refractivity contribution in [3.63, 3.8) is 0 Å². The van der Waals surface area contributed by atoms with E-state index in [-0.39, 0.29) is 11.6 Å². The lowest BCUT2D eigenvalue weighted by atomic mass is 10.0. The number of aryl methyl sites for hydroxylation is 3. The van der Waals surface area contributed by atoms with Gasteiger partial charge in [-0.2, -0.15) is 0 Å². The zero-order valence-electron chi connectivity index (χ0n) is 17.2. The van der Waals surface area contributed by atoms with Crippen LogP contribution in [0.15, 0.2) is 53.3 Å². The zero-order valence-corrected chi connectivity index (χ0v) is 18.0. The Labute approximate surface area is 174 Å². The first kappa shape index (κ1) is 19.6. The Bertz CT molecular complexity index is 1220. The van der Waals surface area contributed by atoms with E-state index in [1.807, 2.05) is 12.1 Å². The molecule has 2 aromatic heterocycles. The molecule has 2 aromatic carbocycles. The molecule has 4 rings (SSSR count). The van der Waals surface area contributed by atoms with Crippen molar-refractivity contribution in [2.24, 2.45) is 0 Å². The number of rotatable bonds is 5. The van der Waals surface area contributed by atoms with Gasteiger partial charge in [-0.3, -0.25) is 4.79 Å². The van der Waals surface area contributed by atoms with E-state index >= 15 is 0 Å². The van der Waals surface area contributed by atoms with Gasteiger partial charge in [0.25, 0.3) is 5.56 Å². The monoisotopic (exact) mass is 403 g/mol. The molecule has 0 saturated carbocycles. The molecule has 148 valence electrons. The summed E-state index contributed by atoms with van der Waals surface area (Å²) in [6, 6.07) is 16.8. The van der Waals surface area contributed by atoms with Gasteiger partial charge in [0, 0.05) is 16.5 Å². The Morgan fingerprint density at radius 2 is 1.79 bits per heavy atom. The molecule has 0 spiro atoms. The molecule has 4 aromatic rings. The van der Waals surface area contributed by atoms with E-state index in [4.69, 9.17) is 4.98 Å². The maximum absolute atomic E-state index is 12.9. The SMILES string of the molecule is Cc1ccc(-c2c(C)sc3nc(CN[C@H](C)c4ccccc4C)[nH]c(=O)c23)cc1. The van der Waals surface area contributed by atoms with Gasteiger partial charge in [-0.05, 0) is 44.4 Å². The molecule has 0 saturated heterocycles. The number of hydrogen-bond acceptors (Lipinski definition) is 4. The highest BCUT2D eigenvalue weighted by molar-refractivity contribution is 7.19. The fourth-order valence-electron chi connectivity index (χ4n) is 3.75. The molecule has 1 atom stereocenters. The topological polar surface area (TPSA) is 57.8 Å². The minimum atomic E-state index is -0.0738. The minimum Gasteiger partial charge on any atom is -0.309 e. The number of thiophene rings is 1. The highest BCUT2D eigenvalue weighted by Gasteiger charge is 2.17. The normalized spacial score (nSPS) is 12.4. The third-order valence-electron chi connectivity index (χ3n) is 5.36. The van der Waals surface area contributed by atoms with Crippen molar-refractivity contribution in [2.45, 2.75) is 40.3 Å². The number of nitrogens with zero attached hydrogens (tertiary/aromatic N) is 1. The molecule has 29 heavy (non-hydrogen) atoms. The zero-order chi connectivity index (χ0) is 20.5. The summed E-state index contributed by atoms with van der Waals surface area (Å²) in [7, 11) is 0. The van der Waals surface area contributed by atoms with E-state index in [2.05, 4.69) is 74.4 Å². The number of aromatic amines is 1. The van der Waals surface area contributed by atoms with Gasteiger partial charge < -0.3 is 10.3 Å². The third-order valence-corrected chi connectivity index (χ3v) is 6.36. The molecule has 2 N–H and O–H groups in total. The summed E-state index contributed by atoms with van der Waals surface area (Å²) in [5.74, 6) is 0.666. The van der Waals surface area contributed by atoms with E-state index in [0.29, 0.717) is 17.8 Å². The van der Waals surface area contributed by atoms with Gasteiger partial charge in [0.2, 0.25) is 0 Å². The van der Waals surface area contributed by atoms with Gasteiger partial charge >= 0.3 is 0 Å². The summed E-state index contributed by atoms with van der Waals surface area (Å²) in [5.41, 5.74) is 5.69. The van der Waals surface area contributed by atoms with Crippen molar-refractivity contribution in [2.75, 3.05) is 0 Å². The van der Waals surface area contributed by atoms with Crippen LogP contribution in [0.4, 0.5) is 0 Å². The Hall–Kier alpha value is -2.76. The molecule has 0 radical (unpaired) electrons. The first-order valence-electron chi connectivity index (χ1n) is 9.82. The Morgan fingerprint density at radius 1 is 1.07 bits per heavy atom. The molecular formula is C24H25N3OS. The second-order valence-electron chi connectivity index (χ2n) is 7.55. The van der Waals surface area contributed by atoms with Crippen LogP contribution in [0.3, 0.4) is 0 Å². The second kappa shape index (κ2) is 7.93. The number of H-pyrrole nitrogens is 1. The van der Waals surface area contributed by atoms with Gasteiger partial charge in [-0.1, -0.05) is 54.1 Å². The fraction of sp³-hybridized carbons (Fsp3) is 0.250. The quantitative estimate of drug-likeness (QED) is 0.467. The summed E-state index contributed by atoms with van der Waals surface area (Å²) < 4.78 is 0. The van der Waals surface area contributed by atoms with Crippen molar-refractivity contribution < 1.29 is 0 Å². The van der Waals surface area contributed by atoms with Crippen LogP contribution in [0.1, 0.15) is 40.4 Å². The number of benzene rings is 2. The van der Waals surface area contributed by atoms with Crippen LogP contribution in [0, 0.1) is 20.8 Å². The summed E-state index contributed by atoms with van der Waals surface area (Å²) in [6.45, 7) is 8.87. The van der Waals surface area contributed by atoms with Crippen LogP contribution >= 0.6 is 11.3 Å². The molecule has 5 heteroatoms. The second-order valence-corrected chi connectivity index (χ2v) is 8.75. The summed E-state index contributed by atoms with van der Waals surface area (Å²) in [5, 5.41) is 4.17. The molecule has 0 aliphatic carbocycles. The lowest BCUT2D eigenvalue weighted by molar-refractivity contribution is 0.557. The fourth-order valence-corrected chi connectivity index (χ4v) is 4.81. The van der Waals surface area contributed by atoms with Gasteiger partial charge in [-0.25, -0.2) is 4.98 Å². The molecule has 0 bridgehead atoms. The van der Waals surface area contributed by atoms with Crippen LogP contribution < -0.4 is 10.9 Å². The summed E-state index contributed by atoms with van der Waals surface area (Å²) in [4.78, 5) is 22.6. The van der Waals surface area contributed by atoms with Crippen molar-refractivity contribution in [3.05, 3.63) is 86.3 Å². The van der Waals surface area contributed by atoms with E-state index < -0.39 is 0 Å². The van der Waals surface area contributed by atoms with E-state index in [9.17, 15) is 4.79 Å². The Kier molecular flexibility index (Phi) is 5.35. The molecule has 0 aliphatic rings. The molecule has 0 aliphatic heterocycles. The highest BCUT2D eigenvalue weighted by Crippen LogP contribution is 2.35. The summed E-state index contributed by atoms with van der Waals surface area (Å²) >= 11 is 1.58. The van der Waals surface area contributed by atoms with Gasteiger partial charge in [0.15, 0.2) is 0 Å². The Balaban J connectivity index is 1.64. The van der Waals surface area contributed by atoms with Crippen LogP contribution in [0.25, 0.3) is 21.3 Å². The maximum atomic E-state index is 12.9. The largest absolute Gasteiger partial charge is 0.309 e. The molecule has 0 amide bonds. The maximum Gasteiger partial charge on any atom is 0.260 e. The molecule has 4 nitrogen and oxygen atoms in total. The van der Waals surface area contributed by atoms with Gasteiger partial charge in [0.05, 0.1) is 11.9 Å². The lowest BCUT2D eigenvalue weighted by Crippen LogP contribution is -2.22. The number of nitrogens with one attached hydrogen (secondary N) is 2. The standard InChI is InChI=1S/C24H25N3OS/c1-14-9-11-18(12-10-14)21-17(4)29-24-22(21)23(28)26-20(27-24)13-25-16(3)19-8-6-5-7-15(19)2/h5-12,16,25H,13H2,1-4H3,(H,26,27,28)/t16-/m1/s1. The van der Waals surface area contributed by atoms with E-state index in [1.54, 1.807) is 11.3 Å². The Morgan fingerprint density at radius 3 is 2.52 bits per heavy atom. The van der Waals surface area contributed by atoms with Crippen LogP contribution in [0.5, 0.6) is 0 Å². The lowest BCUT2D eigenvalue weighted by Gasteiger charge is -2.16. The van der Waals surface area contributed by atoms with Crippen molar-refractivity contribution in [1.29, 1.82) is 0 Å². The average Bonchev–Trinajstić information content (AvgIpc) is 3.03. The first-order valence-corrected chi connectivity index (χ1v) is 10.6. The van der Waals surface area contributed by atoms with E-state index in [0.717, 1.165) is 20.8 Å².